The van der Waals surface area contributed by atoms with Gasteiger partial charge >= 0.3 is 0 Å². The van der Waals surface area contributed by atoms with E-state index in [1.807, 2.05) is 12.2 Å². The van der Waals surface area contributed by atoms with Gasteiger partial charge in [-0.25, -0.2) is 0 Å². The summed E-state index contributed by atoms with van der Waals surface area (Å²) in [4.78, 5) is 0. The van der Waals surface area contributed by atoms with Crippen LogP contribution < -0.4 is 0 Å². The second-order valence-corrected chi connectivity index (χ2v) is 7.06. The maximum absolute atomic E-state index is 4.90. The van der Waals surface area contributed by atoms with Crippen molar-refractivity contribution in [2.24, 2.45) is 0 Å². The third-order valence-corrected chi connectivity index (χ3v) is 3.13. The monoisotopic (exact) mass is 240 g/mol. The van der Waals surface area contributed by atoms with Gasteiger partial charge in [0, 0.05) is 9.52 Å². The molecule has 0 atom stereocenters. The molecule has 0 spiro atoms. The summed E-state index contributed by atoms with van der Waals surface area (Å²) in [6.07, 6.45) is 6.48. The van der Waals surface area contributed by atoms with Crippen molar-refractivity contribution in [3.8, 4) is 0 Å². The van der Waals surface area contributed by atoms with Gasteiger partial charge in [0.1, 0.15) is 0 Å². The van der Waals surface area contributed by atoms with Crippen LogP contribution >= 0.6 is 22.2 Å². The van der Waals surface area contributed by atoms with Gasteiger partial charge in [0.2, 0.25) is 8.14 Å². The zero-order valence-electron chi connectivity index (χ0n) is 7.57. The van der Waals surface area contributed by atoms with Crippen molar-refractivity contribution in [3.63, 3.8) is 0 Å². The zero-order chi connectivity index (χ0) is 9.66. The van der Waals surface area contributed by atoms with E-state index in [-0.39, 0.29) is 9.52 Å². The molecule has 0 radical (unpaired) electrons. The summed E-state index contributed by atoms with van der Waals surface area (Å²) in [5, 5.41) is 0. The Morgan fingerprint density at radius 2 is 1.33 bits per heavy atom. The van der Waals surface area contributed by atoms with Gasteiger partial charge in [-0.3, -0.25) is 0 Å². The van der Waals surface area contributed by atoms with Crippen molar-refractivity contribution in [2.75, 3.05) is 0 Å². The van der Waals surface area contributed by atoms with Crippen LogP contribution in [0.3, 0.4) is 0 Å². The number of hydrogen-bond donors (Lipinski definition) is 0. The predicted octanol–water partition coefficient (Wildman–Crippen LogP) is 2.61. The summed E-state index contributed by atoms with van der Waals surface area (Å²) in [6.45, 7) is 7.36. The molecule has 0 bridgehead atoms. The van der Waals surface area contributed by atoms with Crippen LogP contribution in [-0.4, -0.2) is 17.7 Å². The van der Waals surface area contributed by atoms with Crippen LogP contribution in [-0.2, 0) is 0 Å². The first kappa shape index (κ1) is 15.0. The fraction of sp³-hybridized carbons (Fsp3) is 0.500. The highest BCUT2D eigenvalue weighted by atomic mass is 35.7. The van der Waals surface area contributed by atoms with E-state index in [0.717, 1.165) is 0 Å². The minimum absolute atomic E-state index is 0.247. The van der Waals surface area contributed by atoms with E-state index in [1.54, 1.807) is 0 Å². The SMILES string of the molecule is C=CCC[SiH2]CCC=C.Cl[SiH2]Cl. The number of hydrogen-bond acceptors (Lipinski definition) is 0. The van der Waals surface area contributed by atoms with Gasteiger partial charge in [0.25, 0.3) is 0 Å². The van der Waals surface area contributed by atoms with E-state index in [4.69, 9.17) is 22.2 Å². The molecule has 0 aliphatic carbocycles. The topological polar surface area (TPSA) is 0 Å². The lowest BCUT2D eigenvalue weighted by molar-refractivity contribution is 1.14. The van der Waals surface area contributed by atoms with Crippen LogP contribution in [0.5, 0.6) is 0 Å². The van der Waals surface area contributed by atoms with E-state index < -0.39 is 8.14 Å². The van der Waals surface area contributed by atoms with Gasteiger partial charge in [0.05, 0.1) is 0 Å². The van der Waals surface area contributed by atoms with Crippen molar-refractivity contribution in [3.05, 3.63) is 25.3 Å². The van der Waals surface area contributed by atoms with Crippen LogP contribution in [0, 0.1) is 0 Å². The standard InChI is InChI=1S/C8H16Si.Cl2H2Si/c1-3-5-7-9-8-6-4-2;1-3-2/h3-4H,1-2,5-9H2;3H2. The van der Waals surface area contributed by atoms with E-state index in [0.29, 0.717) is 0 Å². The van der Waals surface area contributed by atoms with Crippen LogP contribution in [0.4, 0.5) is 0 Å². The summed E-state index contributed by atoms with van der Waals surface area (Å²) in [5.74, 6) is 0. The Morgan fingerprint density at radius 1 is 1.00 bits per heavy atom. The quantitative estimate of drug-likeness (QED) is 0.290. The van der Waals surface area contributed by atoms with Crippen molar-refractivity contribution in [1.29, 1.82) is 0 Å². The lowest BCUT2D eigenvalue weighted by Gasteiger charge is -1.91. The molecule has 0 aromatic carbocycles. The van der Waals surface area contributed by atoms with Gasteiger partial charge in [-0.15, -0.1) is 13.2 Å². The minimum Gasteiger partial charge on any atom is -0.155 e. The zero-order valence-corrected chi connectivity index (χ0v) is 11.9. The summed E-state index contributed by atoms with van der Waals surface area (Å²) in [7, 11) is -0.392. The Labute approximate surface area is 90.1 Å². The first-order chi connectivity index (χ1) is 5.83. The van der Waals surface area contributed by atoms with Gasteiger partial charge in [-0.1, -0.05) is 24.2 Å². The van der Waals surface area contributed by atoms with E-state index in [9.17, 15) is 0 Å². The molecular formula is C8H18Cl2Si2. The van der Waals surface area contributed by atoms with Crippen LogP contribution in [0.1, 0.15) is 12.8 Å². The first-order valence-corrected chi connectivity index (χ1v) is 10.4. The number of halogens is 2. The molecule has 12 heavy (non-hydrogen) atoms. The molecule has 0 nitrogen and oxygen atoms in total. The molecule has 0 aliphatic rings. The molecule has 0 unspecified atom stereocenters. The van der Waals surface area contributed by atoms with E-state index in [1.165, 1.54) is 24.9 Å². The van der Waals surface area contributed by atoms with Crippen LogP contribution in [0.15, 0.2) is 25.3 Å². The Balaban J connectivity index is 0. The van der Waals surface area contributed by atoms with Crippen LogP contribution in [0.2, 0.25) is 12.1 Å². The molecule has 72 valence electrons. The molecule has 0 aromatic rings. The fourth-order valence-corrected chi connectivity index (χ4v) is 2.26. The van der Waals surface area contributed by atoms with Gasteiger partial charge in [-0.2, -0.15) is 22.2 Å². The Kier molecular flexibility index (Phi) is 21.9. The van der Waals surface area contributed by atoms with Crippen LogP contribution in [0.25, 0.3) is 0 Å². The highest BCUT2D eigenvalue weighted by Crippen LogP contribution is 1.95. The number of rotatable bonds is 6. The Bertz CT molecular complexity index is 87.1. The molecule has 0 saturated carbocycles. The molecule has 4 heteroatoms. The molecule has 0 amide bonds. The third kappa shape index (κ3) is 22.4. The normalized spacial score (nSPS) is 8.17. The van der Waals surface area contributed by atoms with Gasteiger partial charge in [-0.05, 0) is 12.8 Å². The average molecular weight is 241 g/mol. The molecule has 0 N–H and O–H groups in total. The smallest absolute Gasteiger partial charge is 0.155 e. The van der Waals surface area contributed by atoms with Crippen molar-refractivity contribution in [1.82, 2.24) is 0 Å². The third-order valence-electron chi connectivity index (χ3n) is 1.32. The summed E-state index contributed by atoms with van der Waals surface area (Å²) in [5.41, 5.74) is 0. The molecule has 0 saturated heterocycles. The predicted molar refractivity (Wildman–Crippen MR) is 68.0 cm³/mol. The van der Waals surface area contributed by atoms with E-state index in [2.05, 4.69) is 13.2 Å². The molecule has 0 fully saturated rings. The Morgan fingerprint density at radius 3 is 1.58 bits per heavy atom. The number of allylic oxidation sites excluding steroid dienone is 2. The summed E-state index contributed by atoms with van der Waals surface area (Å²) in [6, 6.07) is 2.86. The second kappa shape index (κ2) is 17.5. The molecule has 0 heterocycles. The van der Waals surface area contributed by atoms with Crippen molar-refractivity contribution >= 4 is 39.8 Å². The molecule has 0 aromatic heterocycles. The highest BCUT2D eigenvalue weighted by Gasteiger charge is 1.84. The van der Waals surface area contributed by atoms with Crippen molar-refractivity contribution < 1.29 is 0 Å². The highest BCUT2D eigenvalue weighted by molar-refractivity contribution is 7.22. The fourth-order valence-electron chi connectivity index (χ4n) is 0.754. The lowest BCUT2D eigenvalue weighted by atomic mass is 10.5. The largest absolute Gasteiger partial charge is 0.222 e. The summed E-state index contributed by atoms with van der Waals surface area (Å²) >= 11 is 9.81. The van der Waals surface area contributed by atoms with Gasteiger partial charge in [0.15, 0.2) is 0 Å². The summed E-state index contributed by atoms with van der Waals surface area (Å²) < 4.78 is 0. The minimum atomic E-state index is -0.639. The average Bonchev–Trinajstić information content (AvgIpc) is 2.06. The van der Waals surface area contributed by atoms with Gasteiger partial charge < -0.3 is 0 Å². The Hall–Kier alpha value is 0.494. The van der Waals surface area contributed by atoms with Crippen molar-refractivity contribution in [2.45, 2.75) is 24.9 Å². The molecule has 0 rings (SSSR count). The molecular weight excluding hydrogens is 223 g/mol. The maximum Gasteiger partial charge on any atom is 0.222 e. The van der Waals surface area contributed by atoms with E-state index >= 15 is 0 Å². The maximum atomic E-state index is 4.90. The second-order valence-electron chi connectivity index (χ2n) is 2.32. The first-order valence-electron chi connectivity index (χ1n) is 4.17. The molecule has 0 aliphatic heterocycles. The lowest BCUT2D eigenvalue weighted by Crippen LogP contribution is -1.85.